The Morgan fingerprint density at radius 2 is 2.13 bits per heavy atom. The summed E-state index contributed by atoms with van der Waals surface area (Å²) in [5, 5.41) is 1.35. The van der Waals surface area contributed by atoms with Crippen LogP contribution in [0.4, 0.5) is 0 Å². The minimum absolute atomic E-state index is 0.429. The van der Waals surface area contributed by atoms with Gasteiger partial charge in [0.1, 0.15) is 0 Å². The van der Waals surface area contributed by atoms with Crippen LogP contribution in [-0.2, 0) is 0 Å². The van der Waals surface area contributed by atoms with Crippen molar-refractivity contribution in [2.45, 2.75) is 31.7 Å². The number of fused-ring (bicyclic) bond motifs is 1. The van der Waals surface area contributed by atoms with E-state index in [2.05, 4.69) is 36.3 Å². The number of benzene rings is 1. The van der Waals surface area contributed by atoms with Gasteiger partial charge in [-0.1, -0.05) is 6.07 Å². The molecule has 0 saturated heterocycles. The van der Waals surface area contributed by atoms with Crippen molar-refractivity contribution < 1.29 is 0 Å². The number of aromatic nitrogens is 1. The van der Waals surface area contributed by atoms with Gasteiger partial charge in [0, 0.05) is 23.1 Å². The van der Waals surface area contributed by atoms with Crippen molar-refractivity contribution >= 4 is 10.9 Å². The Labute approximate surface area is 89.5 Å². The van der Waals surface area contributed by atoms with Crippen LogP contribution in [0.1, 0.15) is 29.9 Å². The summed E-state index contributed by atoms with van der Waals surface area (Å²) < 4.78 is 0. The van der Waals surface area contributed by atoms with E-state index in [-0.39, 0.29) is 0 Å². The quantitative estimate of drug-likeness (QED) is 0.730. The summed E-state index contributed by atoms with van der Waals surface area (Å²) in [6.45, 7) is 2.15. The molecule has 0 aliphatic heterocycles. The van der Waals surface area contributed by atoms with E-state index in [0.29, 0.717) is 12.0 Å². The van der Waals surface area contributed by atoms with E-state index < -0.39 is 0 Å². The Balaban J connectivity index is 2.02. The number of nitrogens with one attached hydrogen (secondary N) is 1. The molecule has 1 fully saturated rings. The molecule has 2 heteroatoms. The van der Waals surface area contributed by atoms with Gasteiger partial charge in [0.05, 0.1) is 0 Å². The van der Waals surface area contributed by atoms with Crippen LogP contribution in [0, 0.1) is 6.92 Å². The maximum atomic E-state index is 5.82. The summed E-state index contributed by atoms with van der Waals surface area (Å²) in [5.41, 5.74) is 9.84. The Kier molecular flexibility index (Phi) is 1.86. The average molecular weight is 200 g/mol. The molecule has 0 amide bonds. The molecule has 0 spiro atoms. The fraction of sp³-hybridized carbons (Fsp3) is 0.385. The van der Waals surface area contributed by atoms with Gasteiger partial charge in [0.25, 0.3) is 0 Å². The summed E-state index contributed by atoms with van der Waals surface area (Å²) in [7, 11) is 0. The maximum Gasteiger partial charge on any atom is 0.0456 e. The normalized spacial score (nSPS) is 25.5. The predicted molar refractivity (Wildman–Crippen MR) is 63.0 cm³/mol. The highest BCUT2D eigenvalue weighted by Gasteiger charge is 2.27. The highest BCUT2D eigenvalue weighted by molar-refractivity contribution is 5.83. The minimum atomic E-state index is 0.429. The van der Waals surface area contributed by atoms with Crippen molar-refractivity contribution in [2.24, 2.45) is 5.73 Å². The molecule has 1 aromatic heterocycles. The Morgan fingerprint density at radius 3 is 2.87 bits per heavy atom. The fourth-order valence-electron chi connectivity index (χ4n) is 2.47. The summed E-state index contributed by atoms with van der Waals surface area (Å²) in [4.78, 5) is 3.27. The van der Waals surface area contributed by atoms with Crippen LogP contribution in [0.3, 0.4) is 0 Å². The van der Waals surface area contributed by atoms with Crippen molar-refractivity contribution in [3.63, 3.8) is 0 Å². The molecule has 15 heavy (non-hydrogen) atoms. The largest absolute Gasteiger partial charge is 0.361 e. The smallest absolute Gasteiger partial charge is 0.0456 e. The molecule has 3 rings (SSSR count). The van der Waals surface area contributed by atoms with Gasteiger partial charge >= 0.3 is 0 Å². The third-order valence-corrected chi connectivity index (χ3v) is 3.56. The second-order valence-corrected chi connectivity index (χ2v) is 4.71. The van der Waals surface area contributed by atoms with Crippen molar-refractivity contribution in [1.29, 1.82) is 0 Å². The van der Waals surface area contributed by atoms with E-state index >= 15 is 0 Å². The van der Waals surface area contributed by atoms with E-state index in [4.69, 9.17) is 5.73 Å². The third kappa shape index (κ3) is 1.37. The first-order valence-corrected chi connectivity index (χ1v) is 5.57. The first-order valence-electron chi connectivity index (χ1n) is 5.57. The van der Waals surface area contributed by atoms with Gasteiger partial charge in [-0.2, -0.15) is 0 Å². The van der Waals surface area contributed by atoms with Crippen LogP contribution in [-0.4, -0.2) is 11.0 Å². The monoisotopic (exact) mass is 200 g/mol. The Bertz CT molecular complexity index is 492. The second-order valence-electron chi connectivity index (χ2n) is 4.71. The molecule has 1 aliphatic rings. The molecule has 0 bridgehead atoms. The van der Waals surface area contributed by atoms with Crippen molar-refractivity contribution in [3.8, 4) is 0 Å². The summed E-state index contributed by atoms with van der Waals surface area (Å²) in [6, 6.07) is 7.16. The zero-order chi connectivity index (χ0) is 10.4. The van der Waals surface area contributed by atoms with E-state index in [0.717, 1.165) is 12.8 Å². The Morgan fingerprint density at radius 1 is 1.33 bits per heavy atom. The van der Waals surface area contributed by atoms with Crippen LogP contribution in [0.5, 0.6) is 0 Å². The zero-order valence-electron chi connectivity index (χ0n) is 8.96. The first-order chi connectivity index (χ1) is 7.24. The van der Waals surface area contributed by atoms with Crippen LogP contribution in [0.15, 0.2) is 24.4 Å². The third-order valence-electron chi connectivity index (χ3n) is 3.56. The molecule has 78 valence electrons. The van der Waals surface area contributed by atoms with Crippen LogP contribution >= 0.6 is 0 Å². The molecule has 0 atom stereocenters. The van der Waals surface area contributed by atoms with Gasteiger partial charge in [-0.05, 0) is 48.9 Å². The summed E-state index contributed by atoms with van der Waals surface area (Å²) in [5.74, 6) is 0.693. The van der Waals surface area contributed by atoms with E-state index in [9.17, 15) is 0 Å². The highest BCUT2D eigenvalue weighted by Crippen LogP contribution is 2.36. The molecular weight excluding hydrogens is 184 g/mol. The van der Waals surface area contributed by atoms with Gasteiger partial charge in [0.15, 0.2) is 0 Å². The van der Waals surface area contributed by atoms with Gasteiger partial charge in [-0.3, -0.25) is 0 Å². The number of aromatic amines is 1. The second kappa shape index (κ2) is 3.11. The van der Waals surface area contributed by atoms with Crippen molar-refractivity contribution in [3.05, 3.63) is 35.5 Å². The van der Waals surface area contributed by atoms with Gasteiger partial charge in [-0.15, -0.1) is 0 Å². The Hall–Kier alpha value is -1.28. The van der Waals surface area contributed by atoms with Gasteiger partial charge in [-0.25, -0.2) is 0 Å². The van der Waals surface area contributed by atoms with Crippen molar-refractivity contribution in [2.75, 3.05) is 0 Å². The number of aryl methyl sites for hydroxylation is 1. The lowest BCUT2D eigenvalue weighted by molar-refractivity contribution is 0.352. The standard InChI is InChI=1S/C13H16N2/c1-8-7-15-13-3-2-9(6-12(8)13)10-4-11(14)5-10/h2-3,6-7,10-11,15H,4-5,14H2,1H3. The molecule has 1 saturated carbocycles. The number of H-pyrrole nitrogens is 1. The molecule has 1 heterocycles. The van der Waals surface area contributed by atoms with Crippen LogP contribution < -0.4 is 5.73 Å². The summed E-state index contributed by atoms with van der Waals surface area (Å²) in [6.07, 6.45) is 4.37. The lowest BCUT2D eigenvalue weighted by Gasteiger charge is -2.32. The van der Waals surface area contributed by atoms with Crippen molar-refractivity contribution in [1.82, 2.24) is 4.98 Å². The number of rotatable bonds is 1. The zero-order valence-corrected chi connectivity index (χ0v) is 8.96. The lowest BCUT2D eigenvalue weighted by atomic mass is 9.76. The predicted octanol–water partition coefficient (Wildman–Crippen LogP) is 2.68. The van der Waals surface area contributed by atoms with E-state index in [1.807, 2.05) is 0 Å². The minimum Gasteiger partial charge on any atom is -0.361 e. The highest BCUT2D eigenvalue weighted by atomic mass is 14.7. The molecule has 1 aromatic carbocycles. The molecular formula is C13H16N2. The summed E-state index contributed by atoms with van der Waals surface area (Å²) >= 11 is 0. The first kappa shape index (κ1) is 8.98. The molecule has 0 unspecified atom stereocenters. The van der Waals surface area contributed by atoms with E-state index in [1.54, 1.807) is 0 Å². The topological polar surface area (TPSA) is 41.8 Å². The lowest BCUT2D eigenvalue weighted by Crippen LogP contribution is -2.34. The van der Waals surface area contributed by atoms with Crippen LogP contribution in [0.2, 0.25) is 0 Å². The molecule has 1 aliphatic carbocycles. The average Bonchev–Trinajstić information content (AvgIpc) is 2.56. The molecule has 2 nitrogen and oxygen atoms in total. The molecule has 2 aromatic rings. The fourth-order valence-corrected chi connectivity index (χ4v) is 2.47. The number of hydrogen-bond donors (Lipinski definition) is 2. The number of nitrogens with two attached hydrogens (primary N) is 1. The van der Waals surface area contributed by atoms with Gasteiger partial charge in [0.2, 0.25) is 0 Å². The number of hydrogen-bond acceptors (Lipinski definition) is 1. The van der Waals surface area contributed by atoms with Crippen LogP contribution in [0.25, 0.3) is 10.9 Å². The molecule has 3 N–H and O–H groups in total. The van der Waals surface area contributed by atoms with Gasteiger partial charge < -0.3 is 10.7 Å². The SMILES string of the molecule is Cc1c[nH]c2ccc(C3CC(N)C3)cc12. The molecule has 0 radical (unpaired) electrons. The maximum absolute atomic E-state index is 5.82. The van der Waals surface area contributed by atoms with E-state index in [1.165, 1.54) is 22.0 Å².